The number of aromatic nitrogens is 3. The van der Waals surface area contributed by atoms with E-state index in [1.807, 2.05) is 0 Å². The number of rotatable bonds is 2. The van der Waals surface area contributed by atoms with Crippen molar-refractivity contribution in [3.8, 4) is 0 Å². The van der Waals surface area contributed by atoms with Crippen molar-refractivity contribution in [2.45, 2.75) is 52.4 Å². The number of nitrogens with zero attached hydrogens (tertiary/aromatic N) is 3. The average Bonchev–Trinajstić information content (AvgIpc) is 2.85. The number of hydrogen-bond acceptors (Lipinski definition) is 5. The van der Waals surface area contributed by atoms with E-state index in [-0.39, 0.29) is 11.2 Å². The Kier molecular flexibility index (Phi) is 3.28. The molecule has 3 aromatic rings. The summed E-state index contributed by atoms with van der Waals surface area (Å²) in [6.45, 7) is 7.48. The van der Waals surface area contributed by atoms with Crippen molar-refractivity contribution in [1.82, 2.24) is 14.5 Å². The zero-order valence-corrected chi connectivity index (χ0v) is 14.4. The average molecular weight is 329 g/mol. The van der Waals surface area contributed by atoms with Crippen LogP contribution in [0.1, 0.15) is 38.4 Å². The van der Waals surface area contributed by atoms with E-state index in [1.54, 1.807) is 10.9 Å². The molecule has 0 bridgehead atoms. The number of aryl methyl sites for hydroxylation is 1. The SMILES string of the molecule is CCCn1cnc2c(sc3nc4c(cc32)COC(C)(C)C4)c1=O. The highest BCUT2D eigenvalue weighted by Crippen LogP contribution is 2.34. The van der Waals surface area contributed by atoms with Crippen LogP contribution >= 0.6 is 11.3 Å². The third kappa shape index (κ3) is 2.37. The van der Waals surface area contributed by atoms with Gasteiger partial charge in [-0.25, -0.2) is 9.97 Å². The Labute approximate surface area is 137 Å². The van der Waals surface area contributed by atoms with E-state index < -0.39 is 0 Å². The fraction of sp³-hybridized carbons (Fsp3) is 0.471. The summed E-state index contributed by atoms with van der Waals surface area (Å²) >= 11 is 1.45. The molecule has 4 rings (SSSR count). The van der Waals surface area contributed by atoms with Crippen LogP contribution in [0, 0.1) is 0 Å². The smallest absolute Gasteiger partial charge is 0.271 e. The number of ether oxygens (including phenoxy) is 1. The normalized spacial score (nSPS) is 16.8. The second-order valence-corrected chi connectivity index (χ2v) is 7.69. The molecular weight excluding hydrogens is 310 g/mol. The first-order chi connectivity index (χ1) is 11.0. The third-order valence-electron chi connectivity index (χ3n) is 4.28. The highest BCUT2D eigenvalue weighted by atomic mass is 32.1. The Bertz CT molecular complexity index is 971. The first-order valence-electron chi connectivity index (χ1n) is 7.93. The summed E-state index contributed by atoms with van der Waals surface area (Å²) in [6.07, 6.45) is 3.36. The molecule has 6 heteroatoms. The molecule has 5 nitrogen and oxygen atoms in total. The van der Waals surface area contributed by atoms with Crippen LogP contribution in [0.4, 0.5) is 0 Å². The molecule has 0 saturated carbocycles. The van der Waals surface area contributed by atoms with Crippen molar-refractivity contribution in [3.63, 3.8) is 0 Å². The van der Waals surface area contributed by atoms with E-state index in [2.05, 4.69) is 31.8 Å². The van der Waals surface area contributed by atoms with Gasteiger partial charge < -0.3 is 4.74 Å². The Morgan fingerprint density at radius 3 is 3.04 bits per heavy atom. The van der Waals surface area contributed by atoms with E-state index in [0.29, 0.717) is 17.9 Å². The molecule has 0 fully saturated rings. The summed E-state index contributed by atoms with van der Waals surface area (Å²) in [5.41, 5.74) is 2.80. The summed E-state index contributed by atoms with van der Waals surface area (Å²) in [4.78, 5) is 22.8. The maximum Gasteiger partial charge on any atom is 0.271 e. The zero-order chi connectivity index (χ0) is 16.2. The van der Waals surface area contributed by atoms with Gasteiger partial charge in [-0.1, -0.05) is 6.92 Å². The largest absolute Gasteiger partial charge is 0.370 e. The summed E-state index contributed by atoms with van der Waals surface area (Å²) in [7, 11) is 0. The Balaban J connectivity index is 1.95. The highest BCUT2D eigenvalue weighted by Gasteiger charge is 2.28. The standard InChI is InChI=1S/C17H19N3O2S/c1-4-5-20-9-18-13-11-6-10-8-22-17(2,3)7-12(10)19-15(11)23-14(13)16(20)21/h6,9H,4-5,7-8H2,1-3H3. The van der Waals surface area contributed by atoms with Crippen LogP contribution in [-0.4, -0.2) is 20.1 Å². The van der Waals surface area contributed by atoms with Gasteiger partial charge in [0.15, 0.2) is 0 Å². The van der Waals surface area contributed by atoms with Gasteiger partial charge in [0.2, 0.25) is 0 Å². The Morgan fingerprint density at radius 2 is 2.26 bits per heavy atom. The van der Waals surface area contributed by atoms with Crippen LogP contribution in [-0.2, 0) is 24.3 Å². The zero-order valence-electron chi connectivity index (χ0n) is 13.5. The number of fused-ring (bicyclic) bond motifs is 4. The van der Waals surface area contributed by atoms with Gasteiger partial charge in [0.1, 0.15) is 9.53 Å². The molecular formula is C17H19N3O2S. The molecule has 120 valence electrons. The van der Waals surface area contributed by atoms with Crippen molar-refractivity contribution in [1.29, 1.82) is 0 Å². The molecule has 1 aliphatic heterocycles. The van der Waals surface area contributed by atoms with E-state index >= 15 is 0 Å². The van der Waals surface area contributed by atoms with Crippen LogP contribution < -0.4 is 5.56 Å². The van der Waals surface area contributed by atoms with Gasteiger partial charge in [-0.2, -0.15) is 0 Å². The van der Waals surface area contributed by atoms with Gasteiger partial charge in [0, 0.05) is 23.9 Å². The fourth-order valence-electron chi connectivity index (χ4n) is 3.08. The summed E-state index contributed by atoms with van der Waals surface area (Å²) < 4.78 is 8.27. The summed E-state index contributed by atoms with van der Waals surface area (Å²) in [5, 5.41) is 0.966. The summed E-state index contributed by atoms with van der Waals surface area (Å²) in [6, 6.07) is 2.10. The molecule has 0 radical (unpaired) electrons. The monoisotopic (exact) mass is 329 g/mol. The minimum atomic E-state index is -0.184. The minimum Gasteiger partial charge on any atom is -0.370 e. The lowest BCUT2D eigenvalue weighted by Crippen LogP contribution is -2.32. The van der Waals surface area contributed by atoms with Crippen molar-refractivity contribution in [2.24, 2.45) is 0 Å². The molecule has 3 aromatic heterocycles. The molecule has 0 amide bonds. The minimum absolute atomic E-state index is 0.0365. The van der Waals surface area contributed by atoms with E-state index in [9.17, 15) is 4.79 Å². The van der Waals surface area contributed by atoms with Crippen LogP contribution in [0.2, 0.25) is 0 Å². The van der Waals surface area contributed by atoms with Gasteiger partial charge in [-0.3, -0.25) is 9.36 Å². The quantitative estimate of drug-likeness (QED) is 0.724. The molecule has 1 aliphatic rings. The van der Waals surface area contributed by atoms with Crippen molar-refractivity contribution < 1.29 is 4.74 Å². The molecule has 0 N–H and O–H groups in total. The van der Waals surface area contributed by atoms with Crippen molar-refractivity contribution in [2.75, 3.05) is 0 Å². The molecule has 0 aliphatic carbocycles. The second-order valence-electron chi connectivity index (χ2n) is 6.69. The number of thiophene rings is 1. The van der Waals surface area contributed by atoms with Crippen LogP contribution in [0.5, 0.6) is 0 Å². The summed E-state index contributed by atoms with van der Waals surface area (Å²) in [5.74, 6) is 0. The van der Waals surface area contributed by atoms with Crippen molar-refractivity contribution in [3.05, 3.63) is 34.0 Å². The van der Waals surface area contributed by atoms with Gasteiger partial charge in [-0.15, -0.1) is 11.3 Å². The van der Waals surface area contributed by atoms with Gasteiger partial charge in [0.05, 0.1) is 29.7 Å². The second kappa shape index (κ2) is 5.11. The fourth-order valence-corrected chi connectivity index (χ4v) is 4.16. The van der Waals surface area contributed by atoms with E-state index in [4.69, 9.17) is 9.72 Å². The maximum atomic E-state index is 12.6. The van der Waals surface area contributed by atoms with E-state index in [0.717, 1.165) is 39.8 Å². The molecule has 23 heavy (non-hydrogen) atoms. The predicted octanol–water partition coefficient (Wildman–Crippen LogP) is 3.27. The molecule has 0 unspecified atom stereocenters. The molecule has 4 heterocycles. The van der Waals surface area contributed by atoms with Crippen LogP contribution in [0.3, 0.4) is 0 Å². The third-order valence-corrected chi connectivity index (χ3v) is 5.36. The van der Waals surface area contributed by atoms with Crippen LogP contribution in [0.25, 0.3) is 20.4 Å². The Hall–Kier alpha value is -1.79. The van der Waals surface area contributed by atoms with Gasteiger partial charge >= 0.3 is 0 Å². The van der Waals surface area contributed by atoms with Crippen LogP contribution in [0.15, 0.2) is 17.2 Å². The van der Waals surface area contributed by atoms with Gasteiger partial charge in [-0.05, 0) is 26.3 Å². The van der Waals surface area contributed by atoms with Crippen molar-refractivity contribution >= 4 is 31.8 Å². The maximum absolute atomic E-state index is 12.6. The Morgan fingerprint density at radius 1 is 1.43 bits per heavy atom. The topological polar surface area (TPSA) is 57.0 Å². The first kappa shape index (κ1) is 14.8. The molecule has 0 atom stereocenters. The molecule has 0 aromatic carbocycles. The molecule has 0 saturated heterocycles. The number of hydrogen-bond donors (Lipinski definition) is 0. The highest BCUT2D eigenvalue weighted by molar-refractivity contribution is 7.25. The lowest BCUT2D eigenvalue weighted by atomic mass is 9.95. The predicted molar refractivity (Wildman–Crippen MR) is 92.0 cm³/mol. The lowest BCUT2D eigenvalue weighted by molar-refractivity contribution is -0.0411. The van der Waals surface area contributed by atoms with Gasteiger partial charge in [0.25, 0.3) is 5.56 Å². The first-order valence-corrected chi connectivity index (χ1v) is 8.74. The lowest BCUT2D eigenvalue weighted by Gasteiger charge is -2.30. The molecule has 0 spiro atoms. The van der Waals surface area contributed by atoms with E-state index in [1.165, 1.54) is 11.3 Å². The number of pyridine rings is 1.